The predicted octanol–water partition coefficient (Wildman–Crippen LogP) is 1.96. The molecule has 1 aliphatic rings. The second kappa shape index (κ2) is 6.95. The van der Waals surface area contributed by atoms with E-state index >= 15 is 0 Å². The minimum atomic E-state index is -0.287. The number of carbonyl (C=O) groups excluding carboxylic acids is 1. The molecule has 0 aromatic heterocycles. The third kappa shape index (κ3) is 3.87. The number of ketones is 1. The van der Waals surface area contributed by atoms with Gasteiger partial charge in [0.05, 0.1) is 6.54 Å². The number of piperazine rings is 1. The van der Waals surface area contributed by atoms with Crippen molar-refractivity contribution < 1.29 is 9.18 Å². The van der Waals surface area contributed by atoms with Gasteiger partial charge in [-0.25, -0.2) is 4.39 Å². The third-order valence-electron chi connectivity index (χ3n) is 4.00. The number of likely N-dealkylation sites (N-methyl/N-ethyl adjacent to an activating group) is 1. The fraction of sp³-hybridized carbons (Fsp3) is 0.562. The van der Waals surface area contributed by atoms with Crippen molar-refractivity contribution in [1.82, 2.24) is 9.80 Å². The van der Waals surface area contributed by atoms with E-state index in [0.29, 0.717) is 18.2 Å². The molecule has 0 amide bonds. The molecule has 20 heavy (non-hydrogen) atoms. The SMILES string of the molecule is CCN1CCN(CC(=O)Cc2ccccc2F)CC1C. The van der Waals surface area contributed by atoms with Crippen molar-refractivity contribution in [3.8, 4) is 0 Å². The number of carbonyl (C=O) groups is 1. The lowest BCUT2D eigenvalue weighted by molar-refractivity contribution is -0.120. The summed E-state index contributed by atoms with van der Waals surface area (Å²) in [5.41, 5.74) is 0.498. The number of hydrogen-bond donors (Lipinski definition) is 0. The maximum Gasteiger partial charge on any atom is 0.151 e. The summed E-state index contributed by atoms with van der Waals surface area (Å²) in [6.45, 7) is 8.67. The highest BCUT2D eigenvalue weighted by Crippen LogP contribution is 2.11. The molecule has 1 aromatic carbocycles. The molecular weight excluding hydrogens is 255 g/mol. The van der Waals surface area contributed by atoms with Crippen LogP contribution in [0.25, 0.3) is 0 Å². The summed E-state index contributed by atoms with van der Waals surface area (Å²) < 4.78 is 13.5. The summed E-state index contributed by atoms with van der Waals surface area (Å²) in [6, 6.07) is 6.99. The Hall–Kier alpha value is -1.26. The summed E-state index contributed by atoms with van der Waals surface area (Å²) in [7, 11) is 0. The van der Waals surface area contributed by atoms with Crippen LogP contribution in [-0.2, 0) is 11.2 Å². The quantitative estimate of drug-likeness (QED) is 0.822. The lowest BCUT2D eigenvalue weighted by Crippen LogP contribution is -2.52. The van der Waals surface area contributed by atoms with E-state index < -0.39 is 0 Å². The molecule has 0 bridgehead atoms. The molecule has 1 saturated heterocycles. The van der Waals surface area contributed by atoms with Gasteiger partial charge in [0.2, 0.25) is 0 Å². The van der Waals surface area contributed by atoms with Crippen LogP contribution in [0.15, 0.2) is 24.3 Å². The minimum absolute atomic E-state index is 0.0900. The Morgan fingerprint density at radius 1 is 1.35 bits per heavy atom. The van der Waals surface area contributed by atoms with E-state index in [1.807, 2.05) is 0 Å². The van der Waals surface area contributed by atoms with Gasteiger partial charge in [-0.15, -0.1) is 0 Å². The van der Waals surface area contributed by atoms with Crippen molar-refractivity contribution in [3.05, 3.63) is 35.6 Å². The average molecular weight is 278 g/mol. The van der Waals surface area contributed by atoms with Gasteiger partial charge in [0.15, 0.2) is 5.78 Å². The molecule has 1 atom stereocenters. The van der Waals surface area contributed by atoms with E-state index in [1.54, 1.807) is 18.2 Å². The second-order valence-electron chi connectivity index (χ2n) is 5.52. The molecule has 0 N–H and O–H groups in total. The molecule has 3 nitrogen and oxygen atoms in total. The first-order valence-electron chi connectivity index (χ1n) is 7.31. The lowest BCUT2D eigenvalue weighted by atomic mass is 10.1. The Morgan fingerprint density at radius 3 is 2.75 bits per heavy atom. The molecular formula is C16H23FN2O. The fourth-order valence-corrected chi connectivity index (χ4v) is 2.84. The van der Waals surface area contributed by atoms with Gasteiger partial charge in [0, 0.05) is 32.1 Å². The van der Waals surface area contributed by atoms with Crippen LogP contribution in [0.4, 0.5) is 4.39 Å². The zero-order valence-corrected chi connectivity index (χ0v) is 12.3. The highest BCUT2D eigenvalue weighted by atomic mass is 19.1. The molecule has 1 unspecified atom stereocenters. The summed E-state index contributed by atoms with van der Waals surface area (Å²) >= 11 is 0. The van der Waals surface area contributed by atoms with E-state index in [0.717, 1.165) is 26.2 Å². The fourth-order valence-electron chi connectivity index (χ4n) is 2.84. The van der Waals surface area contributed by atoms with Crippen LogP contribution in [0.3, 0.4) is 0 Å². The van der Waals surface area contributed by atoms with Crippen LogP contribution in [0.1, 0.15) is 19.4 Å². The van der Waals surface area contributed by atoms with Crippen molar-refractivity contribution in [1.29, 1.82) is 0 Å². The standard InChI is InChI=1S/C16H23FN2O/c1-3-19-9-8-18(11-13(19)2)12-15(20)10-14-6-4-5-7-16(14)17/h4-7,13H,3,8-12H2,1-2H3. The Balaban J connectivity index is 1.85. The van der Waals surface area contributed by atoms with E-state index in [1.165, 1.54) is 6.07 Å². The van der Waals surface area contributed by atoms with Gasteiger partial charge in [0.25, 0.3) is 0 Å². The number of rotatable bonds is 5. The van der Waals surface area contributed by atoms with Crippen molar-refractivity contribution >= 4 is 5.78 Å². The van der Waals surface area contributed by atoms with Crippen molar-refractivity contribution in [3.63, 3.8) is 0 Å². The van der Waals surface area contributed by atoms with Crippen LogP contribution in [0, 0.1) is 5.82 Å². The van der Waals surface area contributed by atoms with Gasteiger partial charge in [-0.05, 0) is 25.1 Å². The maximum absolute atomic E-state index is 13.5. The van der Waals surface area contributed by atoms with E-state index in [4.69, 9.17) is 0 Å². The molecule has 0 radical (unpaired) electrons. The van der Waals surface area contributed by atoms with Gasteiger partial charge in [-0.1, -0.05) is 25.1 Å². The summed E-state index contributed by atoms with van der Waals surface area (Å²) in [5.74, 6) is -0.197. The molecule has 1 heterocycles. The van der Waals surface area contributed by atoms with Gasteiger partial charge in [-0.3, -0.25) is 14.6 Å². The average Bonchev–Trinajstić information content (AvgIpc) is 2.41. The van der Waals surface area contributed by atoms with E-state index in [2.05, 4.69) is 23.6 Å². The Labute approximate surface area is 120 Å². The highest BCUT2D eigenvalue weighted by Gasteiger charge is 2.23. The maximum atomic E-state index is 13.5. The number of Topliss-reactive ketones (excluding diaryl/α,β-unsaturated/α-hetero) is 1. The van der Waals surface area contributed by atoms with Gasteiger partial charge in [-0.2, -0.15) is 0 Å². The molecule has 2 rings (SSSR count). The van der Waals surface area contributed by atoms with Crippen LogP contribution >= 0.6 is 0 Å². The lowest BCUT2D eigenvalue weighted by Gasteiger charge is -2.39. The zero-order chi connectivity index (χ0) is 14.5. The van der Waals surface area contributed by atoms with Crippen molar-refractivity contribution in [2.75, 3.05) is 32.7 Å². The molecule has 0 spiro atoms. The second-order valence-corrected chi connectivity index (χ2v) is 5.52. The van der Waals surface area contributed by atoms with Crippen molar-refractivity contribution in [2.45, 2.75) is 26.3 Å². The number of nitrogens with zero attached hydrogens (tertiary/aromatic N) is 2. The molecule has 1 aliphatic heterocycles. The first kappa shape index (κ1) is 15.1. The van der Waals surface area contributed by atoms with Crippen molar-refractivity contribution in [2.24, 2.45) is 0 Å². The molecule has 4 heteroatoms. The largest absolute Gasteiger partial charge is 0.298 e. The number of benzene rings is 1. The highest BCUT2D eigenvalue weighted by molar-refractivity contribution is 5.82. The topological polar surface area (TPSA) is 23.6 Å². The van der Waals surface area contributed by atoms with E-state index in [9.17, 15) is 9.18 Å². The first-order chi connectivity index (χ1) is 9.60. The zero-order valence-electron chi connectivity index (χ0n) is 12.3. The number of hydrogen-bond acceptors (Lipinski definition) is 3. The summed E-state index contributed by atoms with van der Waals surface area (Å²) in [4.78, 5) is 16.7. The third-order valence-corrected chi connectivity index (χ3v) is 4.00. The van der Waals surface area contributed by atoms with Gasteiger partial charge >= 0.3 is 0 Å². The summed E-state index contributed by atoms with van der Waals surface area (Å²) in [5, 5.41) is 0. The predicted molar refractivity (Wildman–Crippen MR) is 78.3 cm³/mol. The van der Waals surface area contributed by atoms with Gasteiger partial charge < -0.3 is 0 Å². The van der Waals surface area contributed by atoms with Crippen LogP contribution in [0.5, 0.6) is 0 Å². The van der Waals surface area contributed by atoms with Crippen LogP contribution in [0.2, 0.25) is 0 Å². The molecule has 1 aromatic rings. The Kier molecular flexibility index (Phi) is 5.26. The smallest absolute Gasteiger partial charge is 0.151 e. The molecule has 0 aliphatic carbocycles. The normalized spacial score (nSPS) is 21.1. The molecule has 1 fully saturated rings. The monoisotopic (exact) mass is 278 g/mol. The first-order valence-corrected chi connectivity index (χ1v) is 7.31. The van der Waals surface area contributed by atoms with Crippen LogP contribution < -0.4 is 0 Å². The summed E-state index contributed by atoms with van der Waals surface area (Å²) in [6.07, 6.45) is 0.190. The van der Waals surface area contributed by atoms with Crippen LogP contribution in [-0.4, -0.2) is 54.3 Å². The Bertz CT molecular complexity index is 464. The number of halogens is 1. The van der Waals surface area contributed by atoms with E-state index in [-0.39, 0.29) is 18.0 Å². The minimum Gasteiger partial charge on any atom is -0.298 e. The Morgan fingerprint density at radius 2 is 2.10 bits per heavy atom. The molecule has 110 valence electrons. The molecule has 0 saturated carbocycles. The van der Waals surface area contributed by atoms with Gasteiger partial charge in [0.1, 0.15) is 5.82 Å².